The highest BCUT2D eigenvalue weighted by atomic mass is 19.1. The fourth-order valence-electron chi connectivity index (χ4n) is 2.96. The lowest BCUT2D eigenvalue weighted by Gasteiger charge is -2.39. The van der Waals surface area contributed by atoms with Crippen LogP contribution in [0.4, 0.5) is 14.5 Å². The Balaban J connectivity index is 1.73. The van der Waals surface area contributed by atoms with E-state index in [-0.39, 0.29) is 23.6 Å². The van der Waals surface area contributed by atoms with Crippen molar-refractivity contribution in [3.8, 4) is 0 Å². The summed E-state index contributed by atoms with van der Waals surface area (Å²) in [5, 5.41) is 0. The first-order valence-electron chi connectivity index (χ1n) is 8.02. The summed E-state index contributed by atoms with van der Waals surface area (Å²) < 4.78 is 26.8. The first-order valence-corrected chi connectivity index (χ1v) is 8.02. The molecule has 1 heterocycles. The number of carbonyl (C=O) groups excluding carboxylic acids is 1. The molecule has 1 aliphatic heterocycles. The van der Waals surface area contributed by atoms with E-state index in [1.54, 1.807) is 36.1 Å². The minimum absolute atomic E-state index is 0.0494. The Morgan fingerprint density at radius 3 is 2.46 bits per heavy atom. The number of benzene rings is 2. The zero-order chi connectivity index (χ0) is 17.3. The molecule has 5 heteroatoms. The van der Waals surface area contributed by atoms with Crippen molar-refractivity contribution in [1.29, 1.82) is 0 Å². The molecule has 0 aromatic heterocycles. The van der Waals surface area contributed by atoms with E-state index in [2.05, 4.69) is 4.90 Å². The smallest absolute Gasteiger partial charge is 0.244 e. The fourth-order valence-corrected chi connectivity index (χ4v) is 2.96. The molecule has 0 radical (unpaired) electrons. The van der Waals surface area contributed by atoms with Crippen LogP contribution in [0.25, 0.3) is 0 Å². The van der Waals surface area contributed by atoms with Gasteiger partial charge in [-0.2, -0.15) is 0 Å². The van der Waals surface area contributed by atoms with Crippen LogP contribution in [0, 0.1) is 18.6 Å². The van der Waals surface area contributed by atoms with Gasteiger partial charge in [-0.05, 0) is 49.2 Å². The van der Waals surface area contributed by atoms with Crippen molar-refractivity contribution in [3.63, 3.8) is 0 Å². The van der Waals surface area contributed by atoms with E-state index in [9.17, 15) is 13.6 Å². The molecule has 0 saturated carbocycles. The van der Waals surface area contributed by atoms with Crippen LogP contribution < -0.4 is 4.90 Å². The number of carbonyl (C=O) groups is 1. The Kier molecular flexibility index (Phi) is 4.62. The van der Waals surface area contributed by atoms with Gasteiger partial charge in [-0.1, -0.05) is 18.2 Å². The van der Waals surface area contributed by atoms with Gasteiger partial charge in [-0.15, -0.1) is 0 Å². The number of amides is 1. The summed E-state index contributed by atoms with van der Waals surface area (Å²) in [4.78, 5) is 16.4. The molecule has 3 nitrogen and oxygen atoms in total. The summed E-state index contributed by atoms with van der Waals surface area (Å²) in [7, 11) is 0. The molecule has 1 saturated heterocycles. The zero-order valence-corrected chi connectivity index (χ0v) is 13.8. The maximum absolute atomic E-state index is 13.8. The highest BCUT2D eigenvalue weighted by Crippen LogP contribution is 2.23. The summed E-state index contributed by atoms with van der Waals surface area (Å²) in [5.41, 5.74) is 2.12. The number of hydrogen-bond acceptors (Lipinski definition) is 2. The lowest BCUT2D eigenvalue weighted by molar-refractivity contribution is -0.125. The fraction of sp³-hybridized carbons (Fsp3) is 0.316. The average Bonchev–Trinajstić information content (AvgIpc) is 2.57. The van der Waals surface area contributed by atoms with Gasteiger partial charge in [0, 0.05) is 25.3 Å². The number of hydrogen-bond donors (Lipinski definition) is 0. The molecule has 2 aromatic carbocycles. The Morgan fingerprint density at radius 2 is 1.79 bits per heavy atom. The summed E-state index contributed by atoms with van der Waals surface area (Å²) >= 11 is 0. The number of aryl methyl sites for hydroxylation is 1. The van der Waals surface area contributed by atoms with Crippen molar-refractivity contribution >= 4 is 11.6 Å². The van der Waals surface area contributed by atoms with Crippen molar-refractivity contribution < 1.29 is 13.6 Å². The van der Waals surface area contributed by atoms with Gasteiger partial charge >= 0.3 is 0 Å². The van der Waals surface area contributed by atoms with Crippen molar-refractivity contribution in [3.05, 3.63) is 65.2 Å². The van der Waals surface area contributed by atoms with E-state index >= 15 is 0 Å². The summed E-state index contributed by atoms with van der Waals surface area (Å²) in [6.07, 6.45) is 0. The maximum Gasteiger partial charge on any atom is 0.244 e. The predicted octanol–water partition coefficient (Wildman–Crippen LogP) is 3.51. The van der Waals surface area contributed by atoms with E-state index in [1.165, 1.54) is 18.2 Å². The van der Waals surface area contributed by atoms with Crippen LogP contribution in [0.3, 0.4) is 0 Å². The van der Waals surface area contributed by atoms with E-state index in [4.69, 9.17) is 0 Å². The Bertz CT molecular complexity index is 746. The molecular weight excluding hydrogens is 310 g/mol. The number of piperazine rings is 1. The first kappa shape index (κ1) is 16.6. The molecule has 0 spiro atoms. The van der Waals surface area contributed by atoms with Gasteiger partial charge in [-0.25, -0.2) is 8.78 Å². The number of halogens is 2. The van der Waals surface area contributed by atoms with Crippen LogP contribution in [0.1, 0.15) is 18.1 Å². The summed E-state index contributed by atoms with van der Waals surface area (Å²) in [6.45, 7) is 5.32. The van der Waals surface area contributed by atoms with Gasteiger partial charge < -0.3 is 4.90 Å². The van der Waals surface area contributed by atoms with Crippen LogP contribution in [-0.4, -0.2) is 29.9 Å². The van der Waals surface area contributed by atoms with Gasteiger partial charge in [0.1, 0.15) is 11.6 Å². The Labute approximate surface area is 140 Å². The molecule has 0 N–H and O–H groups in total. The second-order valence-electron chi connectivity index (χ2n) is 6.20. The van der Waals surface area contributed by atoms with Crippen molar-refractivity contribution in [1.82, 2.24) is 4.90 Å². The van der Waals surface area contributed by atoms with Crippen LogP contribution in [0.5, 0.6) is 0 Å². The van der Waals surface area contributed by atoms with Gasteiger partial charge in [0.05, 0.1) is 6.04 Å². The molecule has 1 fully saturated rings. The Morgan fingerprint density at radius 1 is 1.08 bits per heavy atom. The maximum atomic E-state index is 13.8. The third-order valence-corrected chi connectivity index (χ3v) is 4.55. The summed E-state index contributed by atoms with van der Waals surface area (Å²) in [5.74, 6) is -0.623. The minimum atomic E-state index is -0.312. The third-order valence-electron chi connectivity index (χ3n) is 4.55. The molecular formula is C19H20F2N2O. The number of nitrogens with zero attached hydrogens (tertiary/aromatic N) is 2. The largest absolute Gasteiger partial charge is 0.310 e. The minimum Gasteiger partial charge on any atom is -0.310 e. The van der Waals surface area contributed by atoms with Crippen LogP contribution in [0.15, 0.2) is 42.5 Å². The molecule has 2 aromatic rings. The molecule has 126 valence electrons. The lowest BCUT2D eigenvalue weighted by Crippen LogP contribution is -2.55. The van der Waals surface area contributed by atoms with Gasteiger partial charge in [0.25, 0.3) is 0 Å². The molecule has 24 heavy (non-hydrogen) atoms. The first-order chi connectivity index (χ1) is 11.5. The highest BCUT2D eigenvalue weighted by Gasteiger charge is 2.32. The van der Waals surface area contributed by atoms with Crippen molar-refractivity contribution in [2.75, 3.05) is 18.0 Å². The lowest BCUT2D eigenvalue weighted by atomic mass is 10.1. The number of anilines is 1. The molecule has 0 bridgehead atoms. The quantitative estimate of drug-likeness (QED) is 0.860. The van der Waals surface area contributed by atoms with E-state index in [0.29, 0.717) is 30.9 Å². The molecule has 0 unspecified atom stereocenters. The second-order valence-corrected chi connectivity index (χ2v) is 6.20. The van der Waals surface area contributed by atoms with Gasteiger partial charge in [-0.3, -0.25) is 9.69 Å². The van der Waals surface area contributed by atoms with Gasteiger partial charge in [0.15, 0.2) is 0 Å². The van der Waals surface area contributed by atoms with Crippen molar-refractivity contribution in [2.24, 2.45) is 0 Å². The normalized spacial score (nSPS) is 18.9. The summed E-state index contributed by atoms with van der Waals surface area (Å²) in [6, 6.07) is 10.9. The van der Waals surface area contributed by atoms with E-state index in [1.807, 2.05) is 6.92 Å². The van der Waals surface area contributed by atoms with Gasteiger partial charge in [0.2, 0.25) is 5.91 Å². The average molecular weight is 330 g/mol. The standard InChI is InChI=1S/C19H20F2N2O/c1-13-3-8-17(11-18(13)21)23-10-9-22(14(2)19(23)24)12-15-4-6-16(20)7-5-15/h3-8,11,14H,9-10,12H2,1-2H3/t14-/m1/s1. The molecule has 3 rings (SSSR count). The predicted molar refractivity (Wildman–Crippen MR) is 89.8 cm³/mol. The highest BCUT2D eigenvalue weighted by molar-refractivity contribution is 5.97. The topological polar surface area (TPSA) is 23.6 Å². The second kappa shape index (κ2) is 6.69. The van der Waals surface area contributed by atoms with E-state index < -0.39 is 0 Å². The Hall–Kier alpha value is -2.27. The zero-order valence-electron chi connectivity index (χ0n) is 13.8. The molecule has 1 amide bonds. The van der Waals surface area contributed by atoms with E-state index in [0.717, 1.165) is 5.56 Å². The van der Waals surface area contributed by atoms with Crippen LogP contribution in [-0.2, 0) is 11.3 Å². The molecule has 1 atom stereocenters. The van der Waals surface area contributed by atoms with Crippen LogP contribution >= 0.6 is 0 Å². The number of rotatable bonds is 3. The van der Waals surface area contributed by atoms with Crippen molar-refractivity contribution in [2.45, 2.75) is 26.4 Å². The SMILES string of the molecule is Cc1ccc(N2CCN(Cc3ccc(F)cc3)[C@H](C)C2=O)cc1F. The molecule has 1 aliphatic rings. The van der Waals surface area contributed by atoms with Crippen LogP contribution in [0.2, 0.25) is 0 Å². The third kappa shape index (κ3) is 3.31. The molecule has 0 aliphatic carbocycles. The monoisotopic (exact) mass is 330 g/mol.